The van der Waals surface area contributed by atoms with Gasteiger partial charge in [-0.3, -0.25) is 0 Å². The molecule has 0 aromatic carbocycles. The Kier molecular flexibility index (Phi) is 16.7. The maximum absolute atomic E-state index is 10.5. The van der Waals surface area contributed by atoms with E-state index in [4.69, 9.17) is 0 Å². The molecule has 0 radical (unpaired) electrons. The number of aliphatic hydroxyl groups is 1. The van der Waals surface area contributed by atoms with Gasteiger partial charge in [0.05, 0.1) is 5.76 Å². The van der Waals surface area contributed by atoms with Crippen LogP contribution >= 0.6 is 0 Å². The second kappa shape index (κ2) is 18.4. The molecule has 1 rings (SSSR count). The van der Waals surface area contributed by atoms with E-state index < -0.39 is 0 Å². The van der Waals surface area contributed by atoms with E-state index in [1.165, 1.54) is 56.9 Å². The summed E-state index contributed by atoms with van der Waals surface area (Å²) in [6, 6.07) is 0. The van der Waals surface area contributed by atoms with Crippen LogP contribution in [0.3, 0.4) is 0 Å². The lowest BCUT2D eigenvalue weighted by atomic mass is 10.0. The molecule has 0 bridgehead atoms. The van der Waals surface area contributed by atoms with Gasteiger partial charge < -0.3 is 26.0 Å². The van der Waals surface area contributed by atoms with Gasteiger partial charge in [-0.25, -0.2) is 0 Å². The first-order valence-electron chi connectivity index (χ1n) is 12.0. The molecule has 1 aliphatic heterocycles. The molecule has 0 saturated carbocycles. The van der Waals surface area contributed by atoms with Crippen molar-refractivity contribution in [1.82, 2.24) is 20.9 Å². The largest absolute Gasteiger partial charge is 0.512 e. The molecule has 1 saturated heterocycles. The number of nitrogens with one attached hydrogen (secondary N) is 3. The zero-order chi connectivity index (χ0) is 20.3. The molecular weight excluding hydrogens is 348 g/mol. The van der Waals surface area contributed by atoms with Crippen LogP contribution in [0, 0.1) is 0 Å². The summed E-state index contributed by atoms with van der Waals surface area (Å²) in [5, 5.41) is 21.1. The number of rotatable bonds is 9. The Morgan fingerprint density at radius 2 is 1.32 bits per heavy atom. The number of unbranched alkanes of at least 4 members (excludes halogenated alkanes) is 4. The van der Waals surface area contributed by atoms with Crippen molar-refractivity contribution < 1.29 is 5.11 Å². The van der Waals surface area contributed by atoms with E-state index in [1.54, 1.807) is 0 Å². The van der Waals surface area contributed by atoms with Crippen LogP contribution in [0.25, 0.3) is 0 Å². The van der Waals surface area contributed by atoms with Crippen LogP contribution in [-0.2, 0) is 0 Å². The average molecular weight is 397 g/mol. The smallest absolute Gasteiger partial charge is 0.0924 e. The summed E-state index contributed by atoms with van der Waals surface area (Å²) in [6.45, 7) is 14.0. The quantitative estimate of drug-likeness (QED) is 0.352. The number of hydrogen-bond donors (Lipinski definition) is 4. The summed E-state index contributed by atoms with van der Waals surface area (Å²) in [5.74, 6) is 0.633. The van der Waals surface area contributed by atoms with Crippen molar-refractivity contribution in [3.63, 3.8) is 0 Å². The summed E-state index contributed by atoms with van der Waals surface area (Å²) in [5.41, 5.74) is 1.20. The van der Waals surface area contributed by atoms with E-state index in [0.29, 0.717) is 5.76 Å². The second-order valence-electron chi connectivity index (χ2n) is 8.29. The molecule has 0 spiro atoms. The number of allylic oxidation sites excluding steroid dienone is 1. The highest BCUT2D eigenvalue weighted by molar-refractivity contribution is 5.04. The fourth-order valence-corrected chi connectivity index (χ4v) is 3.70. The zero-order valence-electron chi connectivity index (χ0n) is 18.8. The van der Waals surface area contributed by atoms with Crippen molar-refractivity contribution in [2.75, 3.05) is 58.9 Å². The van der Waals surface area contributed by atoms with Crippen LogP contribution < -0.4 is 16.0 Å². The van der Waals surface area contributed by atoms with Gasteiger partial charge in [-0.05, 0) is 83.9 Å². The molecule has 0 aliphatic carbocycles. The zero-order valence-corrected chi connectivity index (χ0v) is 18.8. The van der Waals surface area contributed by atoms with Gasteiger partial charge in [0, 0.05) is 26.1 Å². The molecule has 1 aliphatic rings. The van der Waals surface area contributed by atoms with Gasteiger partial charge >= 0.3 is 0 Å². The molecule has 0 aromatic rings. The number of nitrogens with zero attached hydrogens (tertiary/aromatic N) is 1. The number of aliphatic hydroxyl groups excluding tert-OH is 1. The molecule has 5 nitrogen and oxygen atoms in total. The van der Waals surface area contributed by atoms with Gasteiger partial charge in [-0.1, -0.05) is 32.6 Å². The molecule has 5 heteroatoms. The summed E-state index contributed by atoms with van der Waals surface area (Å²) in [6.07, 6.45) is 11.9. The van der Waals surface area contributed by atoms with Crippen molar-refractivity contribution in [3.05, 3.63) is 11.3 Å². The molecule has 0 amide bonds. The Morgan fingerprint density at radius 3 is 1.96 bits per heavy atom. The predicted molar refractivity (Wildman–Crippen MR) is 122 cm³/mol. The van der Waals surface area contributed by atoms with E-state index in [1.807, 2.05) is 0 Å². The predicted octanol–water partition coefficient (Wildman–Crippen LogP) is 3.82. The van der Waals surface area contributed by atoms with Crippen molar-refractivity contribution >= 4 is 0 Å². The lowest BCUT2D eigenvalue weighted by Crippen LogP contribution is -2.32. The lowest BCUT2D eigenvalue weighted by Gasteiger charge is -2.23. The SMILES string of the molecule is CCCCCCC/C(C)=C(/O)CCN1CCCNCCCNCCNCCC1. The third-order valence-corrected chi connectivity index (χ3v) is 5.65. The third kappa shape index (κ3) is 14.4. The fraction of sp³-hybridized carbons (Fsp3) is 0.913. The van der Waals surface area contributed by atoms with E-state index in [0.717, 1.165) is 71.7 Å². The minimum atomic E-state index is 0.633. The first kappa shape index (κ1) is 25.4. The van der Waals surface area contributed by atoms with Gasteiger partial charge in [0.1, 0.15) is 0 Å². The standard InChI is InChI=1S/C23H48N4O/c1-3-4-5-6-7-11-22(2)23(28)12-21-27-19-9-15-24-13-8-14-25-17-18-26-16-10-20-27/h24-26,28H,3-21H2,1-2H3/b23-22+. The van der Waals surface area contributed by atoms with E-state index in [-0.39, 0.29) is 0 Å². The third-order valence-electron chi connectivity index (χ3n) is 5.65. The summed E-state index contributed by atoms with van der Waals surface area (Å²) in [7, 11) is 0. The van der Waals surface area contributed by atoms with Gasteiger partial charge in [0.2, 0.25) is 0 Å². The van der Waals surface area contributed by atoms with E-state index >= 15 is 0 Å². The molecule has 0 unspecified atom stereocenters. The summed E-state index contributed by atoms with van der Waals surface area (Å²) in [4.78, 5) is 2.53. The van der Waals surface area contributed by atoms with Crippen LogP contribution in [0.1, 0.15) is 78.1 Å². The summed E-state index contributed by atoms with van der Waals surface area (Å²) >= 11 is 0. The minimum absolute atomic E-state index is 0.633. The Balaban J connectivity index is 2.33. The van der Waals surface area contributed by atoms with Gasteiger partial charge in [-0.15, -0.1) is 0 Å². The highest BCUT2D eigenvalue weighted by Gasteiger charge is 2.08. The van der Waals surface area contributed by atoms with Crippen LogP contribution in [0.15, 0.2) is 11.3 Å². The van der Waals surface area contributed by atoms with E-state index in [2.05, 4.69) is 34.7 Å². The highest BCUT2D eigenvalue weighted by atomic mass is 16.3. The molecule has 0 aromatic heterocycles. The Morgan fingerprint density at radius 1 is 0.750 bits per heavy atom. The van der Waals surface area contributed by atoms with Crippen LogP contribution in [-0.4, -0.2) is 68.9 Å². The van der Waals surface area contributed by atoms with Gasteiger partial charge in [0.15, 0.2) is 0 Å². The molecule has 4 N–H and O–H groups in total. The first-order chi connectivity index (χ1) is 13.7. The Hall–Kier alpha value is -0.620. The maximum atomic E-state index is 10.5. The van der Waals surface area contributed by atoms with Crippen LogP contribution in [0.2, 0.25) is 0 Å². The van der Waals surface area contributed by atoms with Gasteiger partial charge in [-0.2, -0.15) is 0 Å². The molecule has 1 heterocycles. The average Bonchev–Trinajstić information content (AvgIpc) is 2.71. The minimum Gasteiger partial charge on any atom is -0.512 e. The first-order valence-corrected chi connectivity index (χ1v) is 12.0. The molecule has 28 heavy (non-hydrogen) atoms. The fourth-order valence-electron chi connectivity index (χ4n) is 3.70. The molecule has 0 atom stereocenters. The molecule has 1 fully saturated rings. The van der Waals surface area contributed by atoms with Crippen LogP contribution in [0.4, 0.5) is 0 Å². The Labute approximate surface area is 174 Å². The van der Waals surface area contributed by atoms with Crippen LogP contribution in [0.5, 0.6) is 0 Å². The van der Waals surface area contributed by atoms with Crippen molar-refractivity contribution in [3.8, 4) is 0 Å². The van der Waals surface area contributed by atoms with Crippen molar-refractivity contribution in [2.45, 2.75) is 78.1 Å². The van der Waals surface area contributed by atoms with Crippen molar-refractivity contribution in [2.24, 2.45) is 0 Å². The second-order valence-corrected chi connectivity index (χ2v) is 8.29. The number of hydrogen-bond acceptors (Lipinski definition) is 5. The Bertz CT molecular complexity index is 371. The molecule has 166 valence electrons. The normalized spacial score (nSPS) is 20.2. The van der Waals surface area contributed by atoms with Gasteiger partial charge in [0.25, 0.3) is 0 Å². The summed E-state index contributed by atoms with van der Waals surface area (Å²) < 4.78 is 0. The topological polar surface area (TPSA) is 59.6 Å². The maximum Gasteiger partial charge on any atom is 0.0924 e. The lowest BCUT2D eigenvalue weighted by molar-refractivity contribution is 0.250. The van der Waals surface area contributed by atoms with E-state index in [9.17, 15) is 5.11 Å². The highest BCUT2D eigenvalue weighted by Crippen LogP contribution is 2.15. The van der Waals surface area contributed by atoms with Crippen molar-refractivity contribution in [1.29, 1.82) is 0 Å². The monoisotopic (exact) mass is 396 g/mol. The molecular formula is C23H48N4O.